The van der Waals surface area contributed by atoms with Gasteiger partial charge in [-0.15, -0.1) is 0 Å². The molecule has 1 saturated heterocycles. The Morgan fingerprint density at radius 2 is 1.50 bits per heavy atom. The van der Waals surface area contributed by atoms with Crippen LogP contribution in [0.15, 0.2) is 83.9 Å². The van der Waals surface area contributed by atoms with Gasteiger partial charge in [0, 0.05) is 49.5 Å². The SMILES string of the molecule is Cc1nn(CC(=O)N2CCN(N(C(=O)c3ccccc3)c3ccncc3)CC2)c(=O)c2ccccc12. The summed E-state index contributed by atoms with van der Waals surface area (Å²) in [6.45, 7) is 3.48. The summed E-state index contributed by atoms with van der Waals surface area (Å²) in [6, 6.07) is 20.0. The molecule has 0 unspecified atom stereocenters. The summed E-state index contributed by atoms with van der Waals surface area (Å²) in [6.07, 6.45) is 3.30. The molecule has 182 valence electrons. The number of nitrogens with zero attached hydrogens (tertiary/aromatic N) is 6. The van der Waals surface area contributed by atoms with Crippen LogP contribution in [0, 0.1) is 6.92 Å². The highest BCUT2D eigenvalue weighted by molar-refractivity contribution is 6.05. The zero-order valence-electron chi connectivity index (χ0n) is 19.9. The molecule has 1 aliphatic heterocycles. The number of carbonyl (C=O) groups is 2. The first-order chi connectivity index (χ1) is 17.5. The molecule has 0 spiro atoms. The van der Waals surface area contributed by atoms with E-state index in [4.69, 9.17) is 0 Å². The molecular formula is C27H26N6O3. The molecule has 0 aliphatic carbocycles. The third-order valence-corrected chi connectivity index (χ3v) is 6.35. The van der Waals surface area contributed by atoms with Gasteiger partial charge in [0.15, 0.2) is 0 Å². The first-order valence-corrected chi connectivity index (χ1v) is 11.8. The molecule has 1 aliphatic rings. The second-order valence-corrected chi connectivity index (χ2v) is 8.62. The largest absolute Gasteiger partial charge is 0.338 e. The van der Waals surface area contributed by atoms with Gasteiger partial charge < -0.3 is 4.90 Å². The number of aryl methyl sites for hydroxylation is 1. The first kappa shape index (κ1) is 23.4. The Hall–Kier alpha value is -4.37. The number of hydrogen-bond donors (Lipinski definition) is 0. The number of aromatic nitrogens is 3. The molecule has 9 nitrogen and oxygen atoms in total. The average Bonchev–Trinajstić information content (AvgIpc) is 2.93. The number of rotatable bonds is 5. The number of carbonyl (C=O) groups excluding carboxylic acids is 2. The van der Waals surface area contributed by atoms with Crippen molar-refractivity contribution >= 4 is 28.3 Å². The predicted octanol–water partition coefficient (Wildman–Crippen LogP) is 2.51. The minimum absolute atomic E-state index is 0.123. The molecule has 5 rings (SSSR count). The Balaban J connectivity index is 1.31. The number of hydrogen-bond acceptors (Lipinski definition) is 6. The third kappa shape index (κ3) is 4.60. The summed E-state index contributed by atoms with van der Waals surface area (Å²) in [7, 11) is 0. The van der Waals surface area contributed by atoms with Gasteiger partial charge >= 0.3 is 0 Å². The summed E-state index contributed by atoms with van der Waals surface area (Å²) in [5.74, 6) is -0.326. The van der Waals surface area contributed by atoms with Crippen LogP contribution in [0.5, 0.6) is 0 Å². The molecule has 0 atom stereocenters. The lowest BCUT2D eigenvalue weighted by Crippen LogP contribution is -2.57. The molecule has 1 fully saturated rings. The zero-order valence-corrected chi connectivity index (χ0v) is 19.9. The standard InChI is InChI=1S/C27H26N6O3/c1-20-23-9-5-6-10-24(23)27(36)32(29-20)19-25(34)30-15-17-31(18-16-30)33(22-11-13-28-14-12-22)26(35)21-7-3-2-4-8-21/h2-14H,15-19H2,1H3. The molecule has 9 heteroatoms. The van der Waals surface area contributed by atoms with Crippen LogP contribution in [-0.2, 0) is 11.3 Å². The summed E-state index contributed by atoms with van der Waals surface area (Å²) < 4.78 is 1.24. The Bertz CT molecular complexity index is 1450. The summed E-state index contributed by atoms with van der Waals surface area (Å²) >= 11 is 0. The number of amides is 2. The van der Waals surface area contributed by atoms with E-state index in [1.807, 2.05) is 42.3 Å². The molecule has 0 bridgehead atoms. The number of piperazine rings is 1. The van der Waals surface area contributed by atoms with Crippen molar-refractivity contribution in [1.29, 1.82) is 0 Å². The second-order valence-electron chi connectivity index (χ2n) is 8.62. The van der Waals surface area contributed by atoms with E-state index in [-0.39, 0.29) is 23.9 Å². The number of pyridine rings is 1. The van der Waals surface area contributed by atoms with Crippen molar-refractivity contribution in [3.8, 4) is 0 Å². The summed E-state index contributed by atoms with van der Waals surface area (Å²) in [4.78, 5) is 45.2. The first-order valence-electron chi connectivity index (χ1n) is 11.8. The van der Waals surface area contributed by atoms with Crippen molar-refractivity contribution in [3.63, 3.8) is 0 Å². The summed E-state index contributed by atoms with van der Waals surface area (Å²) in [5.41, 5.74) is 1.71. The van der Waals surface area contributed by atoms with Crippen LogP contribution < -0.4 is 10.6 Å². The van der Waals surface area contributed by atoms with Gasteiger partial charge in [0.05, 0.1) is 16.8 Å². The number of benzene rings is 2. The summed E-state index contributed by atoms with van der Waals surface area (Å²) in [5, 5.41) is 9.30. The van der Waals surface area contributed by atoms with E-state index in [0.717, 1.165) is 5.39 Å². The topological polar surface area (TPSA) is 91.6 Å². The third-order valence-electron chi connectivity index (χ3n) is 6.35. The van der Waals surface area contributed by atoms with Crippen LogP contribution in [0.3, 0.4) is 0 Å². The van der Waals surface area contributed by atoms with E-state index in [9.17, 15) is 14.4 Å². The number of fused-ring (bicyclic) bond motifs is 1. The Labute approximate surface area is 208 Å². The zero-order chi connectivity index (χ0) is 25.1. The monoisotopic (exact) mass is 482 g/mol. The lowest BCUT2D eigenvalue weighted by molar-refractivity contribution is -0.133. The van der Waals surface area contributed by atoms with Crippen LogP contribution in [0.2, 0.25) is 0 Å². The van der Waals surface area contributed by atoms with E-state index in [1.165, 1.54) is 4.68 Å². The highest BCUT2D eigenvalue weighted by Crippen LogP contribution is 2.20. The van der Waals surface area contributed by atoms with Crippen molar-refractivity contribution < 1.29 is 9.59 Å². The lowest BCUT2D eigenvalue weighted by atomic mass is 10.1. The van der Waals surface area contributed by atoms with Gasteiger partial charge in [0.1, 0.15) is 6.54 Å². The van der Waals surface area contributed by atoms with Crippen molar-refractivity contribution in [2.24, 2.45) is 0 Å². The molecule has 2 aromatic carbocycles. The van der Waals surface area contributed by atoms with Crippen molar-refractivity contribution in [2.75, 3.05) is 31.2 Å². The fraction of sp³-hybridized carbons (Fsp3) is 0.222. The van der Waals surface area contributed by atoms with Crippen molar-refractivity contribution in [3.05, 3.63) is 101 Å². The number of hydrazine groups is 1. The normalized spacial score (nSPS) is 14.1. The van der Waals surface area contributed by atoms with E-state index < -0.39 is 0 Å². The van der Waals surface area contributed by atoms with Crippen LogP contribution in [-0.4, -0.2) is 62.7 Å². The van der Waals surface area contributed by atoms with Crippen LogP contribution in [0.1, 0.15) is 16.1 Å². The smallest absolute Gasteiger partial charge is 0.275 e. The maximum atomic E-state index is 13.4. The fourth-order valence-corrected chi connectivity index (χ4v) is 4.48. The van der Waals surface area contributed by atoms with Gasteiger partial charge in [0.25, 0.3) is 11.5 Å². The molecule has 0 saturated carbocycles. The Morgan fingerprint density at radius 1 is 0.861 bits per heavy atom. The van der Waals surface area contributed by atoms with E-state index in [0.29, 0.717) is 48.5 Å². The number of anilines is 1. The van der Waals surface area contributed by atoms with Gasteiger partial charge in [-0.3, -0.25) is 19.4 Å². The van der Waals surface area contributed by atoms with Crippen LogP contribution >= 0.6 is 0 Å². The van der Waals surface area contributed by atoms with Gasteiger partial charge in [0.2, 0.25) is 5.91 Å². The lowest BCUT2D eigenvalue weighted by Gasteiger charge is -2.41. The molecule has 0 radical (unpaired) electrons. The fourth-order valence-electron chi connectivity index (χ4n) is 4.48. The minimum atomic E-state index is -0.277. The molecule has 2 aromatic heterocycles. The van der Waals surface area contributed by atoms with Gasteiger partial charge in [-0.1, -0.05) is 36.4 Å². The molecule has 4 aromatic rings. The minimum Gasteiger partial charge on any atom is -0.338 e. The maximum Gasteiger partial charge on any atom is 0.275 e. The van der Waals surface area contributed by atoms with E-state index in [2.05, 4.69) is 10.1 Å². The van der Waals surface area contributed by atoms with Crippen molar-refractivity contribution in [1.82, 2.24) is 24.7 Å². The molecular weight excluding hydrogens is 456 g/mol. The molecule has 2 amide bonds. The Morgan fingerprint density at radius 3 is 2.19 bits per heavy atom. The Kier molecular flexibility index (Phi) is 6.55. The van der Waals surface area contributed by atoms with Gasteiger partial charge in [-0.05, 0) is 37.3 Å². The maximum absolute atomic E-state index is 13.4. The molecule has 3 heterocycles. The van der Waals surface area contributed by atoms with E-state index in [1.54, 1.807) is 58.7 Å². The quantitative estimate of drug-likeness (QED) is 0.434. The highest BCUT2D eigenvalue weighted by atomic mass is 16.2. The van der Waals surface area contributed by atoms with Gasteiger partial charge in [-0.25, -0.2) is 14.7 Å². The van der Waals surface area contributed by atoms with Crippen LogP contribution in [0.4, 0.5) is 5.69 Å². The van der Waals surface area contributed by atoms with Crippen LogP contribution in [0.25, 0.3) is 10.8 Å². The van der Waals surface area contributed by atoms with E-state index >= 15 is 0 Å². The van der Waals surface area contributed by atoms with Gasteiger partial charge in [-0.2, -0.15) is 5.10 Å². The predicted molar refractivity (Wildman–Crippen MR) is 136 cm³/mol. The highest BCUT2D eigenvalue weighted by Gasteiger charge is 2.30. The average molecular weight is 483 g/mol. The molecule has 0 N–H and O–H groups in total. The second kappa shape index (κ2) is 10.1. The molecule has 36 heavy (non-hydrogen) atoms. The van der Waals surface area contributed by atoms with Crippen molar-refractivity contribution in [2.45, 2.75) is 13.5 Å².